The van der Waals surface area contributed by atoms with Gasteiger partial charge in [-0.15, -0.1) is 0 Å². The zero-order chi connectivity index (χ0) is 15.6. The van der Waals surface area contributed by atoms with Crippen LogP contribution in [0.4, 0.5) is 14.9 Å². The molecule has 1 heterocycles. The first-order valence-corrected chi connectivity index (χ1v) is 7.26. The largest absolute Gasteiger partial charge is 0.444 e. The Morgan fingerprint density at radius 3 is 2.62 bits per heavy atom. The van der Waals surface area contributed by atoms with Gasteiger partial charge >= 0.3 is 6.09 Å². The predicted molar refractivity (Wildman–Crippen MR) is 81.0 cm³/mol. The molecular weight excluding hydrogens is 271 g/mol. The summed E-state index contributed by atoms with van der Waals surface area (Å²) in [6, 6.07) is 6.68. The lowest BCUT2D eigenvalue weighted by Gasteiger charge is -2.41. The first kappa shape index (κ1) is 15.6. The highest BCUT2D eigenvalue weighted by Gasteiger charge is 2.29. The highest BCUT2D eigenvalue weighted by Crippen LogP contribution is 2.22. The van der Waals surface area contributed by atoms with Crippen molar-refractivity contribution < 1.29 is 13.9 Å². The summed E-state index contributed by atoms with van der Waals surface area (Å²) in [5, 5.41) is 0. The van der Waals surface area contributed by atoms with Crippen molar-refractivity contribution in [1.82, 2.24) is 4.90 Å². The average Bonchev–Trinajstić information content (AvgIpc) is 2.36. The maximum atomic E-state index is 13.3. The third kappa shape index (κ3) is 4.09. The Hall–Kier alpha value is -1.78. The van der Waals surface area contributed by atoms with Crippen molar-refractivity contribution in [2.75, 3.05) is 24.5 Å². The summed E-state index contributed by atoms with van der Waals surface area (Å²) in [6.45, 7) is 9.43. The molecule has 1 fully saturated rings. The van der Waals surface area contributed by atoms with Crippen molar-refractivity contribution in [3.8, 4) is 0 Å². The summed E-state index contributed by atoms with van der Waals surface area (Å²) in [5.74, 6) is -0.241. The molecule has 1 aromatic carbocycles. The van der Waals surface area contributed by atoms with Crippen molar-refractivity contribution in [2.45, 2.75) is 39.3 Å². The van der Waals surface area contributed by atoms with E-state index >= 15 is 0 Å². The zero-order valence-corrected chi connectivity index (χ0v) is 13.1. The van der Waals surface area contributed by atoms with E-state index in [1.54, 1.807) is 11.0 Å². The molecule has 5 heteroatoms. The third-order valence-corrected chi connectivity index (χ3v) is 3.42. The fraction of sp³-hybridized carbons (Fsp3) is 0.562. The van der Waals surface area contributed by atoms with Crippen LogP contribution in [0.3, 0.4) is 0 Å². The number of piperazine rings is 1. The van der Waals surface area contributed by atoms with Crippen LogP contribution in [0.15, 0.2) is 24.3 Å². The van der Waals surface area contributed by atoms with Crippen molar-refractivity contribution in [1.29, 1.82) is 0 Å². The second kappa shape index (κ2) is 5.92. The number of carbonyl (C=O) groups is 1. The van der Waals surface area contributed by atoms with Gasteiger partial charge in [-0.05, 0) is 45.9 Å². The van der Waals surface area contributed by atoms with Crippen molar-refractivity contribution >= 4 is 11.8 Å². The zero-order valence-electron chi connectivity index (χ0n) is 13.1. The fourth-order valence-electron chi connectivity index (χ4n) is 2.49. The predicted octanol–water partition coefficient (Wildman–Crippen LogP) is 3.27. The van der Waals surface area contributed by atoms with Crippen LogP contribution in [0.2, 0.25) is 0 Å². The molecule has 21 heavy (non-hydrogen) atoms. The van der Waals surface area contributed by atoms with Crippen molar-refractivity contribution in [2.24, 2.45) is 0 Å². The lowest BCUT2D eigenvalue weighted by Crippen LogP contribution is -2.54. The topological polar surface area (TPSA) is 32.8 Å². The standard InChI is InChI=1S/C16H23FN2O2/c1-12-11-18(15(20)21-16(2,3)4)8-9-19(12)14-7-5-6-13(17)10-14/h5-7,10,12H,8-9,11H2,1-4H3. The number of hydrogen-bond donors (Lipinski definition) is 0. The van der Waals surface area contributed by atoms with E-state index in [9.17, 15) is 9.18 Å². The monoisotopic (exact) mass is 294 g/mol. The van der Waals surface area contributed by atoms with Crippen molar-refractivity contribution in [3.05, 3.63) is 30.1 Å². The Labute approximate surface area is 125 Å². The summed E-state index contributed by atoms with van der Waals surface area (Å²) >= 11 is 0. The summed E-state index contributed by atoms with van der Waals surface area (Å²) in [6.07, 6.45) is -0.284. The fourth-order valence-corrected chi connectivity index (χ4v) is 2.49. The molecule has 0 N–H and O–H groups in total. The van der Waals surface area contributed by atoms with E-state index in [-0.39, 0.29) is 18.0 Å². The van der Waals surface area contributed by atoms with Crippen LogP contribution in [0, 0.1) is 5.82 Å². The van der Waals surface area contributed by atoms with Gasteiger partial charge in [0, 0.05) is 31.4 Å². The quantitative estimate of drug-likeness (QED) is 0.797. The van der Waals surface area contributed by atoms with Crippen molar-refractivity contribution in [3.63, 3.8) is 0 Å². The second-order valence-electron chi connectivity index (χ2n) is 6.45. The molecule has 0 spiro atoms. The summed E-state index contributed by atoms with van der Waals surface area (Å²) in [4.78, 5) is 15.9. The molecule has 0 radical (unpaired) electrons. The first-order valence-electron chi connectivity index (χ1n) is 7.26. The number of nitrogens with zero attached hydrogens (tertiary/aromatic N) is 2. The van der Waals surface area contributed by atoms with E-state index in [1.165, 1.54) is 12.1 Å². The van der Waals surface area contributed by atoms with Gasteiger partial charge < -0.3 is 14.5 Å². The minimum atomic E-state index is -0.486. The van der Waals surface area contributed by atoms with E-state index in [2.05, 4.69) is 4.90 Å². The van der Waals surface area contributed by atoms with Crippen LogP contribution >= 0.6 is 0 Å². The van der Waals surface area contributed by atoms with Gasteiger partial charge in [-0.1, -0.05) is 6.07 Å². The molecule has 1 unspecified atom stereocenters. The van der Waals surface area contributed by atoms with Gasteiger partial charge in [0.15, 0.2) is 0 Å². The number of ether oxygens (including phenoxy) is 1. The Bertz CT molecular complexity index is 513. The van der Waals surface area contributed by atoms with Gasteiger partial charge in [0.2, 0.25) is 0 Å². The van der Waals surface area contributed by atoms with Crippen LogP contribution in [0.25, 0.3) is 0 Å². The lowest BCUT2D eigenvalue weighted by atomic mass is 10.1. The number of hydrogen-bond acceptors (Lipinski definition) is 3. The number of amides is 1. The molecule has 1 saturated heterocycles. The highest BCUT2D eigenvalue weighted by atomic mass is 19.1. The SMILES string of the molecule is CC1CN(C(=O)OC(C)(C)C)CCN1c1cccc(F)c1. The number of halogens is 1. The Morgan fingerprint density at radius 1 is 1.33 bits per heavy atom. The number of anilines is 1. The summed E-state index contributed by atoms with van der Waals surface area (Å²) in [7, 11) is 0. The average molecular weight is 294 g/mol. The van der Waals surface area contributed by atoms with Crippen LogP contribution in [0.1, 0.15) is 27.7 Å². The van der Waals surface area contributed by atoms with Gasteiger partial charge in [-0.25, -0.2) is 9.18 Å². The molecule has 1 aliphatic heterocycles. The summed E-state index contributed by atoms with van der Waals surface area (Å²) < 4.78 is 18.7. The normalized spacial score (nSPS) is 19.6. The first-order chi connectivity index (χ1) is 9.76. The van der Waals surface area contributed by atoms with Gasteiger partial charge in [-0.3, -0.25) is 0 Å². The molecular formula is C16H23FN2O2. The molecule has 0 aliphatic carbocycles. The molecule has 0 aromatic heterocycles. The lowest BCUT2D eigenvalue weighted by molar-refractivity contribution is 0.0219. The van der Waals surface area contributed by atoms with Crippen LogP contribution in [-0.4, -0.2) is 42.3 Å². The van der Waals surface area contributed by atoms with E-state index in [0.717, 1.165) is 5.69 Å². The van der Waals surface area contributed by atoms with E-state index in [4.69, 9.17) is 4.74 Å². The molecule has 116 valence electrons. The number of benzene rings is 1. The smallest absolute Gasteiger partial charge is 0.410 e. The van der Waals surface area contributed by atoms with Gasteiger partial charge in [0.1, 0.15) is 11.4 Å². The Morgan fingerprint density at radius 2 is 2.05 bits per heavy atom. The van der Waals surface area contributed by atoms with Crippen LogP contribution in [-0.2, 0) is 4.74 Å². The molecule has 4 nitrogen and oxygen atoms in total. The van der Waals surface area contributed by atoms with Gasteiger partial charge in [-0.2, -0.15) is 0 Å². The second-order valence-corrected chi connectivity index (χ2v) is 6.45. The minimum Gasteiger partial charge on any atom is -0.444 e. The minimum absolute atomic E-state index is 0.119. The molecule has 0 bridgehead atoms. The molecule has 1 atom stereocenters. The molecule has 0 saturated carbocycles. The van der Waals surface area contributed by atoms with Gasteiger partial charge in [0.25, 0.3) is 0 Å². The number of carbonyl (C=O) groups excluding carboxylic acids is 1. The van der Waals surface area contributed by atoms with Crippen LogP contribution in [0.5, 0.6) is 0 Å². The molecule has 1 amide bonds. The molecule has 2 rings (SSSR count). The Kier molecular flexibility index (Phi) is 4.40. The maximum Gasteiger partial charge on any atom is 0.410 e. The number of rotatable bonds is 1. The highest BCUT2D eigenvalue weighted by molar-refractivity contribution is 5.68. The van der Waals surface area contributed by atoms with Crippen LogP contribution < -0.4 is 4.90 Å². The Balaban J connectivity index is 2.01. The van der Waals surface area contributed by atoms with E-state index < -0.39 is 5.60 Å². The van der Waals surface area contributed by atoms with Gasteiger partial charge in [0.05, 0.1) is 0 Å². The van der Waals surface area contributed by atoms with E-state index in [1.807, 2.05) is 33.8 Å². The maximum absolute atomic E-state index is 13.3. The van der Waals surface area contributed by atoms with E-state index in [0.29, 0.717) is 19.6 Å². The summed E-state index contributed by atoms with van der Waals surface area (Å²) in [5.41, 5.74) is 0.367. The third-order valence-electron chi connectivity index (χ3n) is 3.42. The molecule has 1 aliphatic rings. The molecule has 1 aromatic rings.